The number of ketones is 1. The van der Waals surface area contributed by atoms with E-state index in [1.165, 1.54) is 12.1 Å². The molecule has 0 aromatic heterocycles. The van der Waals surface area contributed by atoms with Gasteiger partial charge in [-0.2, -0.15) is 0 Å². The Morgan fingerprint density at radius 3 is 2.92 bits per heavy atom. The van der Waals surface area contributed by atoms with Gasteiger partial charge in [-0.1, -0.05) is 17.7 Å². The second kappa shape index (κ2) is 4.35. The summed E-state index contributed by atoms with van der Waals surface area (Å²) in [7, 11) is 1.63. The van der Waals surface area contributed by atoms with E-state index >= 15 is 0 Å². The van der Waals surface area contributed by atoms with E-state index in [9.17, 15) is 9.18 Å². The predicted octanol–water partition coefficient (Wildman–Crippen LogP) is 1.88. The Balaban J connectivity index is 3.01. The van der Waals surface area contributed by atoms with Crippen LogP contribution >= 0.6 is 11.6 Å². The maximum Gasteiger partial charge on any atom is 0.179 e. The number of carbonyl (C=O) groups is 1. The Morgan fingerprint density at radius 1 is 1.62 bits per heavy atom. The minimum absolute atomic E-state index is 0.0260. The Bertz CT molecular complexity index is 327. The number of hydrogen-bond acceptors (Lipinski definition) is 2. The van der Waals surface area contributed by atoms with Crippen molar-refractivity contribution in [2.75, 3.05) is 13.6 Å². The van der Waals surface area contributed by atoms with Crippen LogP contribution in [0.1, 0.15) is 10.4 Å². The summed E-state index contributed by atoms with van der Waals surface area (Å²) in [5, 5.41) is 2.63. The van der Waals surface area contributed by atoms with Crippen LogP contribution in [0, 0.1) is 5.82 Å². The number of hydrogen-bond donors (Lipinski definition) is 1. The normalized spacial score (nSPS) is 10.1. The third-order valence-electron chi connectivity index (χ3n) is 1.59. The Labute approximate surface area is 80.7 Å². The first-order valence-electron chi connectivity index (χ1n) is 3.78. The summed E-state index contributed by atoms with van der Waals surface area (Å²) in [5.74, 6) is -0.952. The van der Waals surface area contributed by atoms with Gasteiger partial charge in [-0.3, -0.25) is 4.79 Å². The molecule has 2 nitrogen and oxygen atoms in total. The second-order valence-corrected chi connectivity index (χ2v) is 2.96. The zero-order valence-electron chi connectivity index (χ0n) is 7.10. The molecule has 0 atom stereocenters. The van der Waals surface area contributed by atoms with Crippen LogP contribution in [0.15, 0.2) is 18.2 Å². The van der Waals surface area contributed by atoms with Gasteiger partial charge in [-0.15, -0.1) is 0 Å². The lowest BCUT2D eigenvalue weighted by Crippen LogP contribution is -2.19. The summed E-state index contributed by atoms with van der Waals surface area (Å²) in [5.41, 5.74) is 0.0295. The summed E-state index contributed by atoms with van der Waals surface area (Å²) in [4.78, 5) is 11.3. The molecule has 1 aromatic rings. The van der Waals surface area contributed by atoms with E-state index in [0.717, 1.165) is 0 Å². The first kappa shape index (κ1) is 10.2. The smallest absolute Gasteiger partial charge is 0.179 e. The molecule has 0 saturated heterocycles. The lowest BCUT2D eigenvalue weighted by molar-refractivity contribution is 0.0990. The van der Waals surface area contributed by atoms with E-state index in [-0.39, 0.29) is 22.9 Å². The molecule has 0 aliphatic rings. The van der Waals surface area contributed by atoms with E-state index < -0.39 is 5.82 Å². The molecular weight excluding hydrogens is 193 g/mol. The summed E-state index contributed by atoms with van der Waals surface area (Å²) < 4.78 is 13.2. The van der Waals surface area contributed by atoms with Gasteiger partial charge in [-0.05, 0) is 19.2 Å². The molecule has 0 bridgehead atoms. The monoisotopic (exact) mass is 201 g/mol. The number of nitrogens with one attached hydrogen (secondary N) is 1. The highest BCUT2D eigenvalue weighted by Crippen LogP contribution is 2.17. The number of likely N-dealkylation sites (N-methyl/N-ethyl adjacent to an activating group) is 1. The first-order chi connectivity index (χ1) is 6.16. The highest BCUT2D eigenvalue weighted by molar-refractivity contribution is 6.31. The molecule has 70 valence electrons. The number of halogens is 2. The van der Waals surface area contributed by atoms with Crippen molar-refractivity contribution in [1.29, 1.82) is 0 Å². The van der Waals surface area contributed by atoms with E-state index in [1.807, 2.05) is 0 Å². The topological polar surface area (TPSA) is 29.1 Å². The highest BCUT2D eigenvalue weighted by atomic mass is 35.5. The molecule has 1 aromatic carbocycles. The van der Waals surface area contributed by atoms with Crippen LogP contribution in [0.5, 0.6) is 0 Å². The van der Waals surface area contributed by atoms with E-state index in [2.05, 4.69) is 5.32 Å². The average molecular weight is 202 g/mol. The van der Waals surface area contributed by atoms with Crippen LogP contribution in [-0.2, 0) is 0 Å². The number of Topliss-reactive ketones (excluding diaryl/α,β-unsaturated/α-hetero) is 1. The molecule has 1 N–H and O–H groups in total. The lowest BCUT2D eigenvalue weighted by atomic mass is 10.1. The molecule has 0 radical (unpaired) electrons. The van der Waals surface area contributed by atoms with Gasteiger partial charge in [0.25, 0.3) is 0 Å². The minimum Gasteiger partial charge on any atom is -0.313 e. The molecule has 0 spiro atoms. The van der Waals surface area contributed by atoms with Gasteiger partial charge in [0.05, 0.1) is 17.1 Å². The maximum absolute atomic E-state index is 13.2. The van der Waals surface area contributed by atoms with Crippen LogP contribution in [0.2, 0.25) is 5.02 Å². The van der Waals surface area contributed by atoms with Crippen LogP contribution in [0.25, 0.3) is 0 Å². The maximum atomic E-state index is 13.2. The van der Waals surface area contributed by atoms with Crippen molar-refractivity contribution in [3.05, 3.63) is 34.6 Å². The zero-order chi connectivity index (χ0) is 9.84. The molecule has 0 saturated carbocycles. The van der Waals surface area contributed by atoms with Crippen molar-refractivity contribution >= 4 is 17.4 Å². The fourth-order valence-electron chi connectivity index (χ4n) is 0.975. The van der Waals surface area contributed by atoms with E-state index in [1.54, 1.807) is 13.1 Å². The SMILES string of the molecule is CNCC(=O)c1cccc(Cl)c1F. The van der Waals surface area contributed by atoms with Crippen molar-refractivity contribution < 1.29 is 9.18 Å². The van der Waals surface area contributed by atoms with Crippen LogP contribution in [-0.4, -0.2) is 19.4 Å². The fraction of sp³-hybridized carbons (Fsp3) is 0.222. The van der Waals surface area contributed by atoms with Gasteiger partial charge in [0.2, 0.25) is 0 Å². The predicted molar refractivity (Wildman–Crippen MR) is 49.7 cm³/mol. The number of carbonyl (C=O) groups excluding carboxylic acids is 1. The van der Waals surface area contributed by atoms with E-state index in [0.29, 0.717) is 0 Å². The van der Waals surface area contributed by atoms with E-state index in [4.69, 9.17) is 11.6 Å². The van der Waals surface area contributed by atoms with Crippen LogP contribution in [0.4, 0.5) is 4.39 Å². The average Bonchev–Trinajstić information content (AvgIpc) is 2.10. The van der Waals surface area contributed by atoms with Crippen molar-refractivity contribution in [1.82, 2.24) is 5.32 Å². The van der Waals surface area contributed by atoms with Gasteiger partial charge in [0, 0.05) is 0 Å². The third kappa shape index (κ3) is 2.26. The standard InChI is InChI=1S/C9H9ClFNO/c1-12-5-8(13)6-3-2-4-7(10)9(6)11/h2-4,12H,5H2,1H3. The molecule has 0 heterocycles. The number of benzene rings is 1. The quantitative estimate of drug-likeness (QED) is 0.757. The van der Waals surface area contributed by atoms with Gasteiger partial charge in [0.1, 0.15) is 0 Å². The Morgan fingerprint density at radius 2 is 2.31 bits per heavy atom. The lowest BCUT2D eigenvalue weighted by Gasteiger charge is -2.02. The van der Waals surface area contributed by atoms with Crippen molar-refractivity contribution in [3.8, 4) is 0 Å². The molecule has 4 heteroatoms. The van der Waals surface area contributed by atoms with Crippen LogP contribution < -0.4 is 5.32 Å². The largest absolute Gasteiger partial charge is 0.313 e. The Kier molecular flexibility index (Phi) is 3.39. The first-order valence-corrected chi connectivity index (χ1v) is 4.16. The number of rotatable bonds is 3. The van der Waals surface area contributed by atoms with Crippen molar-refractivity contribution in [2.45, 2.75) is 0 Å². The zero-order valence-corrected chi connectivity index (χ0v) is 7.86. The van der Waals surface area contributed by atoms with Gasteiger partial charge in [0.15, 0.2) is 11.6 Å². The second-order valence-electron chi connectivity index (χ2n) is 2.55. The van der Waals surface area contributed by atoms with Crippen LogP contribution in [0.3, 0.4) is 0 Å². The van der Waals surface area contributed by atoms with Gasteiger partial charge >= 0.3 is 0 Å². The summed E-state index contributed by atoms with van der Waals surface area (Å²) in [6.45, 7) is 0.108. The Hall–Kier alpha value is -0.930. The molecule has 0 fully saturated rings. The fourth-order valence-corrected chi connectivity index (χ4v) is 1.15. The molecule has 13 heavy (non-hydrogen) atoms. The summed E-state index contributed by atoms with van der Waals surface area (Å²) in [6, 6.07) is 4.38. The van der Waals surface area contributed by atoms with Crippen molar-refractivity contribution in [2.24, 2.45) is 0 Å². The summed E-state index contributed by atoms with van der Waals surface area (Å²) >= 11 is 5.51. The van der Waals surface area contributed by atoms with Crippen molar-refractivity contribution in [3.63, 3.8) is 0 Å². The van der Waals surface area contributed by atoms with Gasteiger partial charge < -0.3 is 5.32 Å². The molecule has 0 unspecified atom stereocenters. The highest BCUT2D eigenvalue weighted by Gasteiger charge is 2.12. The molecular formula is C9H9ClFNO. The third-order valence-corrected chi connectivity index (χ3v) is 1.88. The molecule has 1 rings (SSSR count). The minimum atomic E-state index is -0.649. The molecule has 0 aliphatic carbocycles. The molecule has 0 aliphatic heterocycles. The molecule has 0 amide bonds. The summed E-state index contributed by atoms with van der Waals surface area (Å²) in [6.07, 6.45) is 0. The van der Waals surface area contributed by atoms with Gasteiger partial charge in [-0.25, -0.2) is 4.39 Å².